The highest BCUT2D eigenvalue weighted by Crippen LogP contribution is 2.41. The van der Waals surface area contributed by atoms with Crippen LogP contribution in [-0.2, 0) is 16.6 Å². The zero-order chi connectivity index (χ0) is 20.0. The largest absolute Gasteiger partial charge is 0.381 e. The summed E-state index contributed by atoms with van der Waals surface area (Å²) in [6.07, 6.45) is 2.59. The van der Waals surface area contributed by atoms with Crippen LogP contribution in [0.15, 0.2) is 36.4 Å². The summed E-state index contributed by atoms with van der Waals surface area (Å²) >= 11 is 0. The Morgan fingerprint density at radius 2 is 2.07 bits per heavy atom. The van der Waals surface area contributed by atoms with Gasteiger partial charge in [-0.25, -0.2) is 4.52 Å². The minimum atomic E-state index is -0.589. The molecule has 2 aromatic heterocycles. The molecular formula is C22H27N5O2. The second-order valence-electron chi connectivity index (χ2n) is 8.64. The first-order valence-corrected chi connectivity index (χ1v) is 10.3. The van der Waals surface area contributed by atoms with Crippen molar-refractivity contribution in [1.29, 1.82) is 0 Å². The predicted molar refractivity (Wildman–Crippen MR) is 113 cm³/mol. The summed E-state index contributed by atoms with van der Waals surface area (Å²) in [5.41, 5.74) is 4.65. The Kier molecular flexibility index (Phi) is 4.44. The molecule has 29 heavy (non-hydrogen) atoms. The third-order valence-corrected chi connectivity index (χ3v) is 6.22. The summed E-state index contributed by atoms with van der Waals surface area (Å²) in [5.74, 6) is 1.20. The first-order chi connectivity index (χ1) is 14.0. The molecule has 0 spiro atoms. The van der Waals surface area contributed by atoms with E-state index in [1.54, 1.807) is 0 Å². The van der Waals surface area contributed by atoms with Crippen LogP contribution < -0.4 is 10.6 Å². The van der Waals surface area contributed by atoms with Gasteiger partial charge in [-0.2, -0.15) is 4.98 Å². The Balaban J connectivity index is 1.39. The third kappa shape index (κ3) is 3.34. The van der Waals surface area contributed by atoms with Crippen LogP contribution in [0.4, 0.5) is 17.3 Å². The molecule has 1 fully saturated rings. The van der Waals surface area contributed by atoms with Crippen LogP contribution in [-0.4, -0.2) is 39.1 Å². The molecule has 5 rings (SSSR count). The van der Waals surface area contributed by atoms with Crippen molar-refractivity contribution in [3.63, 3.8) is 0 Å². The van der Waals surface area contributed by atoms with E-state index in [-0.39, 0.29) is 5.41 Å². The summed E-state index contributed by atoms with van der Waals surface area (Å²) in [7, 11) is 0. The van der Waals surface area contributed by atoms with Gasteiger partial charge in [0.2, 0.25) is 5.95 Å². The summed E-state index contributed by atoms with van der Waals surface area (Å²) in [5, 5.41) is 21.4. The van der Waals surface area contributed by atoms with Gasteiger partial charge in [-0.3, -0.25) is 0 Å². The highest BCUT2D eigenvalue weighted by atomic mass is 16.5. The van der Waals surface area contributed by atoms with Gasteiger partial charge < -0.3 is 20.5 Å². The number of anilines is 3. The fourth-order valence-electron chi connectivity index (χ4n) is 4.32. The molecule has 2 aliphatic rings. The molecule has 1 unspecified atom stereocenters. The maximum Gasteiger partial charge on any atom is 0.247 e. The lowest BCUT2D eigenvalue weighted by atomic mass is 9.85. The van der Waals surface area contributed by atoms with E-state index >= 15 is 0 Å². The van der Waals surface area contributed by atoms with Gasteiger partial charge in [0.25, 0.3) is 0 Å². The number of rotatable bonds is 4. The molecule has 152 valence electrons. The van der Waals surface area contributed by atoms with E-state index in [0.717, 1.165) is 55.1 Å². The number of benzene rings is 1. The van der Waals surface area contributed by atoms with Gasteiger partial charge in [0.05, 0.1) is 0 Å². The van der Waals surface area contributed by atoms with Crippen molar-refractivity contribution in [1.82, 2.24) is 14.6 Å². The molecule has 2 aliphatic heterocycles. The maximum absolute atomic E-state index is 10.3. The summed E-state index contributed by atoms with van der Waals surface area (Å²) in [6.45, 7) is 5.77. The average Bonchev–Trinajstić information content (AvgIpc) is 3.21. The van der Waals surface area contributed by atoms with Crippen molar-refractivity contribution >= 4 is 23.0 Å². The number of nitrogens with zero attached hydrogens (tertiary/aromatic N) is 3. The standard InChI is InChI=1S/C22H27N5O2/c1-22(2)17-7-6-15(13-18(17)24-20(22)28)23-21-25-19-5-3-4-16(27(19)26-21)12-14-8-10-29-11-9-14/h3-7,13-14,20,24,28H,8-12H2,1-2H3,(H,23,26). The fraction of sp³-hybridized carbons (Fsp3) is 0.455. The van der Waals surface area contributed by atoms with Crippen LogP contribution in [0.3, 0.4) is 0 Å². The van der Waals surface area contributed by atoms with Gasteiger partial charge in [-0.1, -0.05) is 26.0 Å². The topological polar surface area (TPSA) is 83.7 Å². The number of pyridine rings is 1. The lowest BCUT2D eigenvalue weighted by Gasteiger charge is -2.22. The van der Waals surface area contributed by atoms with Gasteiger partial charge in [-0.05, 0) is 55.0 Å². The van der Waals surface area contributed by atoms with Crippen LogP contribution in [0, 0.1) is 5.92 Å². The van der Waals surface area contributed by atoms with Gasteiger partial charge in [0.15, 0.2) is 5.65 Å². The normalized spacial score (nSPS) is 21.1. The summed E-state index contributed by atoms with van der Waals surface area (Å²) in [6, 6.07) is 12.2. The number of aliphatic hydroxyl groups excluding tert-OH is 1. The van der Waals surface area contributed by atoms with E-state index in [1.165, 1.54) is 5.69 Å². The van der Waals surface area contributed by atoms with E-state index < -0.39 is 6.23 Å². The lowest BCUT2D eigenvalue weighted by Crippen LogP contribution is -2.32. The predicted octanol–water partition coefficient (Wildman–Crippen LogP) is 3.46. The summed E-state index contributed by atoms with van der Waals surface area (Å²) in [4.78, 5) is 4.65. The van der Waals surface area contributed by atoms with E-state index in [1.807, 2.05) is 48.7 Å². The number of ether oxygens (including phenoxy) is 1. The first kappa shape index (κ1) is 18.4. The molecule has 1 aromatic carbocycles. The van der Waals surface area contributed by atoms with Crippen molar-refractivity contribution < 1.29 is 9.84 Å². The highest BCUT2D eigenvalue weighted by Gasteiger charge is 2.38. The number of aromatic nitrogens is 3. The molecule has 0 amide bonds. The van der Waals surface area contributed by atoms with Crippen molar-refractivity contribution in [2.45, 2.75) is 44.8 Å². The number of hydrogen-bond donors (Lipinski definition) is 3. The van der Waals surface area contributed by atoms with Crippen molar-refractivity contribution in [3.8, 4) is 0 Å². The van der Waals surface area contributed by atoms with Crippen molar-refractivity contribution in [3.05, 3.63) is 47.7 Å². The minimum absolute atomic E-state index is 0.311. The van der Waals surface area contributed by atoms with Crippen LogP contribution in [0.25, 0.3) is 5.65 Å². The van der Waals surface area contributed by atoms with Gasteiger partial charge in [0, 0.05) is 35.7 Å². The van der Waals surface area contributed by atoms with Crippen molar-refractivity contribution in [2.24, 2.45) is 5.92 Å². The molecule has 0 aliphatic carbocycles. The number of aliphatic hydroxyl groups is 1. The molecule has 4 heterocycles. The quantitative estimate of drug-likeness (QED) is 0.630. The second-order valence-corrected chi connectivity index (χ2v) is 8.64. The van der Waals surface area contributed by atoms with Gasteiger partial charge >= 0.3 is 0 Å². The maximum atomic E-state index is 10.3. The molecule has 0 radical (unpaired) electrons. The molecule has 7 heteroatoms. The number of nitrogens with one attached hydrogen (secondary N) is 2. The smallest absolute Gasteiger partial charge is 0.247 e. The van der Waals surface area contributed by atoms with Gasteiger partial charge in [0.1, 0.15) is 6.23 Å². The van der Waals surface area contributed by atoms with E-state index in [9.17, 15) is 5.11 Å². The van der Waals surface area contributed by atoms with E-state index in [0.29, 0.717) is 11.9 Å². The molecule has 7 nitrogen and oxygen atoms in total. The summed E-state index contributed by atoms with van der Waals surface area (Å²) < 4.78 is 7.42. The first-order valence-electron chi connectivity index (χ1n) is 10.3. The Morgan fingerprint density at radius 3 is 2.90 bits per heavy atom. The Labute approximate surface area is 170 Å². The van der Waals surface area contributed by atoms with Crippen LogP contribution in [0.2, 0.25) is 0 Å². The number of hydrogen-bond acceptors (Lipinski definition) is 6. The zero-order valence-electron chi connectivity index (χ0n) is 16.9. The van der Waals surface area contributed by atoms with Crippen LogP contribution >= 0.6 is 0 Å². The number of fused-ring (bicyclic) bond motifs is 2. The lowest BCUT2D eigenvalue weighted by molar-refractivity contribution is 0.0661. The average molecular weight is 393 g/mol. The molecule has 3 N–H and O–H groups in total. The van der Waals surface area contributed by atoms with Gasteiger partial charge in [-0.15, -0.1) is 5.10 Å². The Morgan fingerprint density at radius 1 is 1.24 bits per heavy atom. The SMILES string of the molecule is CC1(C)c2ccc(Nc3nc4cccc(CC5CCOCC5)n4n3)cc2NC1O. The molecule has 0 saturated carbocycles. The molecule has 3 aromatic rings. The monoisotopic (exact) mass is 393 g/mol. The molecule has 1 atom stereocenters. The third-order valence-electron chi connectivity index (χ3n) is 6.22. The minimum Gasteiger partial charge on any atom is -0.381 e. The Bertz CT molecular complexity index is 1040. The van der Waals surface area contributed by atoms with E-state index in [4.69, 9.17) is 9.84 Å². The van der Waals surface area contributed by atoms with Crippen LogP contribution in [0.1, 0.15) is 37.9 Å². The van der Waals surface area contributed by atoms with Crippen LogP contribution in [0.5, 0.6) is 0 Å². The molecule has 1 saturated heterocycles. The van der Waals surface area contributed by atoms with E-state index in [2.05, 4.69) is 21.7 Å². The molecule has 0 bridgehead atoms. The zero-order valence-corrected chi connectivity index (χ0v) is 16.9. The van der Waals surface area contributed by atoms with Crippen molar-refractivity contribution in [2.75, 3.05) is 23.8 Å². The Hall–Kier alpha value is -2.64. The fourth-order valence-corrected chi connectivity index (χ4v) is 4.32. The second kappa shape index (κ2) is 7.00. The molecular weight excluding hydrogens is 366 g/mol. The highest BCUT2D eigenvalue weighted by molar-refractivity contribution is 5.69.